The van der Waals surface area contributed by atoms with Crippen molar-refractivity contribution in [3.63, 3.8) is 0 Å². The summed E-state index contributed by atoms with van der Waals surface area (Å²) in [6, 6.07) is 2.85. The molecule has 0 aliphatic carbocycles. The van der Waals surface area contributed by atoms with Crippen LogP contribution >= 0.6 is 0 Å². The van der Waals surface area contributed by atoms with Crippen molar-refractivity contribution in [1.29, 1.82) is 0 Å². The Morgan fingerprint density at radius 1 is 1.27 bits per heavy atom. The van der Waals surface area contributed by atoms with Gasteiger partial charge >= 0.3 is 0 Å². The molecule has 0 saturated carbocycles. The molecule has 1 aromatic carbocycles. The van der Waals surface area contributed by atoms with Crippen LogP contribution in [0.1, 0.15) is 13.3 Å². The third-order valence-electron chi connectivity index (χ3n) is 1.67. The zero-order valence-electron chi connectivity index (χ0n) is 8.13. The minimum absolute atomic E-state index is 0.0300. The summed E-state index contributed by atoms with van der Waals surface area (Å²) >= 11 is 0. The molecule has 0 fully saturated rings. The van der Waals surface area contributed by atoms with E-state index in [1.54, 1.807) is 6.92 Å². The van der Waals surface area contributed by atoms with Crippen molar-refractivity contribution in [2.24, 2.45) is 0 Å². The van der Waals surface area contributed by atoms with Gasteiger partial charge in [0, 0.05) is 6.07 Å². The van der Waals surface area contributed by atoms with Crippen LogP contribution in [-0.2, 0) is 10.0 Å². The molecule has 1 aromatic rings. The number of benzene rings is 1. The largest absolute Gasteiger partial charge is 0.283 e. The molecule has 0 amide bonds. The molecule has 0 saturated heterocycles. The maximum Gasteiger partial charge on any atom is 0.232 e. The highest BCUT2D eigenvalue weighted by Gasteiger charge is 2.10. The van der Waals surface area contributed by atoms with E-state index in [1.807, 2.05) is 0 Å². The third-order valence-corrected chi connectivity index (χ3v) is 3.16. The van der Waals surface area contributed by atoms with Crippen LogP contribution in [0, 0.1) is 11.6 Å². The van der Waals surface area contributed by atoms with Gasteiger partial charge in [-0.3, -0.25) is 4.72 Å². The van der Waals surface area contributed by atoms with Crippen molar-refractivity contribution in [1.82, 2.24) is 0 Å². The van der Waals surface area contributed by atoms with Crippen molar-refractivity contribution in [2.75, 3.05) is 10.5 Å². The second kappa shape index (κ2) is 4.57. The Kier molecular flexibility index (Phi) is 3.62. The summed E-state index contributed by atoms with van der Waals surface area (Å²) in [7, 11) is -3.45. The number of anilines is 1. The van der Waals surface area contributed by atoms with E-state index in [0.29, 0.717) is 6.42 Å². The molecule has 0 aliphatic heterocycles. The summed E-state index contributed by atoms with van der Waals surface area (Å²) in [6.45, 7) is 1.71. The lowest BCUT2D eigenvalue weighted by atomic mass is 10.3. The van der Waals surface area contributed by atoms with Crippen molar-refractivity contribution in [3.8, 4) is 0 Å². The zero-order valence-corrected chi connectivity index (χ0v) is 8.94. The number of nitrogens with one attached hydrogen (secondary N) is 1. The first-order chi connectivity index (χ1) is 6.94. The lowest BCUT2D eigenvalue weighted by molar-refractivity contribution is 0.509. The molecular formula is C9H11F2NO2S. The Morgan fingerprint density at radius 3 is 2.47 bits per heavy atom. The van der Waals surface area contributed by atoms with E-state index in [2.05, 4.69) is 4.72 Å². The second-order valence-electron chi connectivity index (χ2n) is 3.05. The van der Waals surface area contributed by atoms with Gasteiger partial charge in [-0.15, -0.1) is 0 Å². The summed E-state index contributed by atoms with van der Waals surface area (Å²) in [5.74, 6) is -2.13. The Morgan fingerprint density at radius 2 is 1.93 bits per heavy atom. The normalized spacial score (nSPS) is 11.4. The number of halogens is 2. The fourth-order valence-corrected chi connectivity index (χ4v) is 2.18. The molecule has 1 N–H and O–H groups in total. The Labute approximate surface area is 87.2 Å². The van der Waals surface area contributed by atoms with Crippen LogP contribution < -0.4 is 4.72 Å². The molecule has 0 radical (unpaired) electrons. The van der Waals surface area contributed by atoms with Gasteiger partial charge in [-0.1, -0.05) is 6.92 Å². The molecule has 0 spiro atoms. The van der Waals surface area contributed by atoms with Crippen LogP contribution in [-0.4, -0.2) is 14.2 Å². The van der Waals surface area contributed by atoms with Crippen LogP contribution in [0.2, 0.25) is 0 Å². The van der Waals surface area contributed by atoms with E-state index in [4.69, 9.17) is 0 Å². The van der Waals surface area contributed by atoms with Crippen LogP contribution in [0.4, 0.5) is 14.5 Å². The quantitative estimate of drug-likeness (QED) is 0.868. The first-order valence-corrected chi connectivity index (χ1v) is 6.05. The first kappa shape index (κ1) is 11.9. The van der Waals surface area contributed by atoms with E-state index in [-0.39, 0.29) is 11.4 Å². The highest BCUT2D eigenvalue weighted by molar-refractivity contribution is 7.92. The SMILES string of the molecule is CCCS(=O)(=O)Nc1ccc(F)c(F)c1. The summed E-state index contributed by atoms with van der Waals surface area (Å²) in [5, 5.41) is 0. The molecular weight excluding hydrogens is 224 g/mol. The minimum atomic E-state index is -3.45. The van der Waals surface area contributed by atoms with Crippen LogP contribution in [0.5, 0.6) is 0 Å². The fourth-order valence-electron chi connectivity index (χ4n) is 1.06. The van der Waals surface area contributed by atoms with Crippen molar-refractivity contribution < 1.29 is 17.2 Å². The van der Waals surface area contributed by atoms with Gasteiger partial charge in [0.2, 0.25) is 10.0 Å². The molecule has 0 heterocycles. The van der Waals surface area contributed by atoms with Crippen LogP contribution in [0.15, 0.2) is 18.2 Å². The molecule has 6 heteroatoms. The average Bonchev–Trinajstić information content (AvgIpc) is 2.10. The number of sulfonamides is 1. The molecule has 84 valence electrons. The smallest absolute Gasteiger partial charge is 0.232 e. The monoisotopic (exact) mass is 235 g/mol. The summed E-state index contributed by atoms with van der Waals surface area (Å²) in [5.41, 5.74) is 0.0300. The van der Waals surface area contributed by atoms with Gasteiger partial charge in [-0.05, 0) is 18.6 Å². The molecule has 0 bridgehead atoms. The van der Waals surface area contributed by atoms with Gasteiger partial charge in [0.15, 0.2) is 11.6 Å². The fraction of sp³-hybridized carbons (Fsp3) is 0.333. The summed E-state index contributed by atoms with van der Waals surface area (Å²) in [6.07, 6.45) is 0.457. The zero-order chi connectivity index (χ0) is 11.5. The molecule has 1 rings (SSSR count). The van der Waals surface area contributed by atoms with Gasteiger partial charge in [0.25, 0.3) is 0 Å². The van der Waals surface area contributed by atoms with Gasteiger partial charge in [0.05, 0.1) is 11.4 Å². The number of hydrogen-bond donors (Lipinski definition) is 1. The highest BCUT2D eigenvalue weighted by Crippen LogP contribution is 2.14. The second-order valence-corrected chi connectivity index (χ2v) is 4.89. The van der Waals surface area contributed by atoms with E-state index in [1.165, 1.54) is 6.07 Å². The van der Waals surface area contributed by atoms with Crippen molar-refractivity contribution in [3.05, 3.63) is 29.8 Å². The summed E-state index contributed by atoms with van der Waals surface area (Å²) < 4.78 is 49.9. The Bertz CT molecular complexity index is 445. The molecule has 15 heavy (non-hydrogen) atoms. The first-order valence-electron chi connectivity index (χ1n) is 4.40. The van der Waals surface area contributed by atoms with E-state index in [9.17, 15) is 17.2 Å². The minimum Gasteiger partial charge on any atom is -0.283 e. The highest BCUT2D eigenvalue weighted by atomic mass is 32.2. The maximum atomic E-state index is 12.7. The third kappa shape index (κ3) is 3.47. The number of hydrogen-bond acceptors (Lipinski definition) is 2. The van der Waals surface area contributed by atoms with Gasteiger partial charge in [-0.2, -0.15) is 0 Å². The number of rotatable bonds is 4. The van der Waals surface area contributed by atoms with Crippen LogP contribution in [0.25, 0.3) is 0 Å². The maximum absolute atomic E-state index is 12.7. The van der Waals surface area contributed by atoms with E-state index >= 15 is 0 Å². The van der Waals surface area contributed by atoms with Gasteiger partial charge in [0.1, 0.15) is 0 Å². The predicted molar refractivity (Wildman–Crippen MR) is 54.1 cm³/mol. The van der Waals surface area contributed by atoms with Crippen molar-refractivity contribution >= 4 is 15.7 Å². The van der Waals surface area contributed by atoms with Crippen LogP contribution in [0.3, 0.4) is 0 Å². The lowest BCUT2D eigenvalue weighted by Crippen LogP contribution is -2.16. The standard InChI is InChI=1S/C9H11F2NO2S/c1-2-5-15(13,14)12-7-3-4-8(10)9(11)6-7/h3-4,6,12H,2,5H2,1H3. The van der Waals surface area contributed by atoms with Crippen molar-refractivity contribution in [2.45, 2.75) is 13.3 Å². The lowest BCUT2D eigenvalue weighted by Gasteiger charge is -2.06. The summed E-state index contributed by atoms with van der Waals surface area (Å²) in [4.78, 5) is 0. The molecule has 0 atom stereocenters. The Hall–Kier alpha value is -1.17. The Balaban J connectivity index is 2.86. The molecule has 0 aliphatic rings. The predicted octanol–water partition coefficient (Wildman–Crippen LogP) is 2.12. The molecule has 3 nitrogen and oxygen atoms in total. The van der Waals surface area contributed by atoms with E-state index < -0.39 is 21.7 Å². The average molecular weight is 235 g/mol. The van der Waals surface area contributed by atoms with Gasteiger partial charge < -0.3 is 0 Å². The van der Waals surface area contributed by atoms with E-state index in [0.717, 1.165) is 12.1 Å². The molecule has 0 unspecified atom stereocenters. The molecule has 0 aromatic heterocycles. The van der Waals surface area contributed by atoms with Gasteiger partial charge in [-0.25, -0.2) is 17.2 Å². The topological polar surface area (TPSA) is 46.2 Å².